The van der Waals surface area contributed by atoms with E-state index in [1.54, 1.807) is 4.90 Å². The summed E-state index contributed by atoms with van der Waals surface area (Å²) in [7, 11) is 0. The van der Waals surface area contributed by atoms with Crippen LogP contribution in [-0.4, -0.2) is 35.4 Å². The van der Waals surface area contributed by atoms with Gasteiger partial charge in [0.1, 0.15) is 5.78 Å². The predicted molar refractivity (Wildman–Crippen MR) is 75.7 cm³/mol. The Morgan fingerprint density at radius 1 is 1.22 bits per heavy atom. The van der Waals surface area contributed by atoms with E-state index in [-0.39, 0.29) is 11.7 Å². The third-order valence-corrected chi connectivity index (χ3v) is 4.38. The average molecular weight is 328 g/mol. The van der Waals surface area contributed by atoms with Crippen LogP contribution >= 0.6 is 27.7 Å². The Bertz CT molecular complexity index is 437. The Balaban J connectivity index is 1.81. The Morgan fingerprint density at radius 3 is 2.44 bits per heavy atom. The number of rotatable bonds is 3. The van der Waals surface area contributed by atoms with Crippen LogP contribution in [-0.2, 0) is 9.59 Å². The molecule has 5 heteroatoms. The number of carbonyl (C=O) groups is 2. The van der Waals surface area contributed by atoms with Crippen molar-refractivity contribution >= 4 is 39.4 Å². The lowest BCUT2D eigenvalue weighted by Crippen LogP contribution is -2.39. The van der Waals surface area contributed by atoms with Crippen molar-refractivity contribution in [3.8, 4) is 0 Å². The van der Waals surface area contributed by atoms with Crippen molar-refractivity contribution in [3.63, 3.8) is 0 Å². The van der Waals surface area contributed by atoms with Crippen LogP contribution in [0.1, 0.15) is 12.8 Å². The summed E-state index contributed by atoms with van der Waals surface area (Å²) in [5.74, 6) is 0.825. The van der Waals surface area contributed by atoms with Crippen LogP contribution in [0.2, 0.25) is 0 Å². The van der Waals surface area contributed by atoms with Gasteiger partial charge < -0.3 is 4.90 Å². The highest BCUT2D eigenvalue weighted by molar-refractivity contribution is 9.10. The van der Waals surface area contributed by atoms with E-state index in [0.717, 1.165) is 9.37 Å². The van der Waals surface area contributed by atoms with E-state index in [1.807, 2.05) is 24.3 Å². The number of hydrogen-bond acceptors (Lipinski definition) is 3. The number of ketones is 1. The highest BCUT2D eigenvalue weighted by Gasteiger charge is 2.20. The average Bonchev–Trinajstić information content (AvgIpc) is 2.38. The Hall–Kier alpha value is -0.810. The molecule has 1 fully saturated rings. The van der Waals surface area contributed by atoms with E-state index in [1.165, 1.54) is 11.8 Å². The Morgan fingerprint density at radius 2 is 1.83 bits per heavy atom. The molecular formula is C13H14BrNO2S. The molecule has 0 N–H and O–H groups in total. The van der Waals surface area contributed by atoms with E-state index in [9.17, 15) is 9.59 Å². The second-order valence-corrected chi connectivity index (χ2v) is 6.13. The zero-order chi connectivity index (χ0) is 13.0. The van der Waals surface area contributed by atoms with Crippen LogP contribution in [0.3, 0.4) is 0 Å². The van der Waals surface area contributed by atoms with Gasteiger partial charge in [-0.05, 0) is 24.3 Å². The normalized spacial score (nSPS) is 15.8. The monoisotopic (exact) mass is 327 g/mol. The maximum absolute atomic E-state index is 11.9. The van der Waals surface area contributed by atoms with Gasteiger partial charge in [0, 0.05) is 35.3 Å². The van der Waals surface area contributed by atoms with Crippen LogP contribution in [0.5, 0.6) is 0 Å². The number of amides is 1. The molecule has 0 spiro atoms. The van der Waals surface area contributed by atoms with E-state index in [0.29, 0.717) is 31.7 Å². The van der Waals surface area contributed by atoms with Crippen molar-refractivity contribution in [1.29, 1.82) is 0 Å². The summed E-state index contributed by atoms with van der Waals surface area (Å²) in [6, 6.07) is 7.91. The molecular weight excluding hydrogens is 314 g/mol. The standard InChI is InChI=1S/C13H14BrNO2S/c14-10-1-3-12(4-2-10)18-9-13(17)15-7-5-11(16)6-8-15/h1-4H,5-9H2. The van der Waals surface area contributed by atoms with Gasteiger partial charge in [0.2, 0.25) is 5.91 Å². The number of thioether (sulfide) groups is 1. The largest absolute Gasteiger partial charge is 0.341 e. The van der Waals surface area contributed by atoms with Gasteiger partial charge >= 0.3 is 0 Å². The minimum absolute atomic E-state index is 0.121. The van der Waals surface area contributed by atoms with Crippen LogP contribution < -0.4 is 0 Å². The molecule has 1 saturated heterocycles. The Labute approximate surface area is 119 Å². The third-order valence-electron chi connectivity index (χ3n) is 2.85. The second kappa shape index (κ2) is 6.38. The topological polar surface area (TPSA) is 37.4 Å². The lowest BCUT2D eigenvalue weighted by atomic mass is 10.1. The van der Waals surface area contributed by atoms with Gasteiger partial charge in [0.25, 0.3) is 0 Å². The minimum atomic E-state index is 0.121. The molecule has 96 valence electrons. The fraction of sp³-hybridized carbons (Fsp3) is 0.385. The molecule has 2 rings (SSSR count). The number of nitrogens with zero attached hydrogens (tertiary/aromatic N) is 1. The quantitative estimate of drug-likeness (QED) is 0.801. The number of piperidine rings is 1. The first kappa shape index (κ1) is 13.6. The molecule has 1 aromatic carbocycles. The first-order valence-electron chi connectivity index (χ1n) is 5.83. The summed E-state index contributed by atoms with van der Waals surface area (Å²) in [6.07, 6.45) is 1.02. The van der Waals surface area contributed by atoms with Gasteiger partial charge in [0.15, 0.2) is 0 Å². The minimum Gasteiger partial charge on any atom is -0.341 e. The van der Waals surface area contributed by atoms with Crippen LogP contribution in [0, 0.1) is 0 Å². The van der Waals surface area contributed by atoms with Gasteiger partial charge in [0.05, 0.1) is 5.75 Å². The molecule has 1 aromatic rings. The van der Waals surface area contributed by atoms with Crippen molar-refractivity contribution in [2.45, 2.75) is 17.7 Å². The summed E-state index contributed by atoms with van der Waals surface area (Å²) >= 11 is 4.91. The molecule has 18 heavy (non-hydrogen) atoms. The fourth-order valence-corrected chi connectivity index (χ4v) is 2.84. The lowest BCUT2D eigenvalue weighted by Gasteiger charge is -2.25. The summed E-state index contributed by atoms with van der Waals surface area (Å²) < 4.78 is 1.03. The number of halogens is 1. The smallest absolute Gasteiger partial charge is 0.232 e. The molecule has 0 unspecified atom stereocenters. The molecule has 0 bridgehead atoms. The molecule has 0 aromatic heterocycles. The molecule has 1 aliphatic heterocycles. The van der Waals surface area contributed by atoms with Gasteiger partial charge in [-0.3, -0.25) is 9.59 Å². The van der Waals surface area contributed by atoms with Crippen molar-refractivity contribution in [3.05, 3.63) is 28.7 Å². The van der Waals surface area contributed by atoms with Crippen molar-refractivity contribution in [2.75, 3.05) is 18.8 Å². The summed E-state index contributed by atoms with van der Waals surface area (Å²) in [6.45, 7) is 1.16. The molecule has 1 amide bonds. The molecule has 1 aliphatic rings. The first-order chi connectivity index (χ1) is 8.65. The number of hydrogen-bond donors (Lipinski definition) is 0. The van der Waals surface area contributed by atoms with Gasteiger partial charge in [-0.2, -0.15) is 0 Å². The summed E-state index contributed by atoms with van der Waals surface area (Å²) in [5, 5.41) is 0. The maximum Gasteiger partial charge on any atom is 0.232 e. The SMILES string of the molecule is O=C1CCN(C(=O)CSc2ccc(Br)cc2)CC1. The maximum atomic E-state index is 11.9. The van der Waals surface area contributed by atoms with E-state index in [4.69, 9.17) is 0 Å². The first-order valence-corrected chi connectivity index (χ1v) is 7.61. The number of carbonyl (C=O) groups excluding carboxylic acids is 2. The molecule has 1 heterocycles. The fourth-order valence-electron chi connectivity index (χ4n) is 1.77. The predicted octanol–water partition coefficient (Wildman–Crippen LogP) is 2.73. The summed E-state index contributed by atoms with van der Waals surface area (Å²) in [4.78, 5) is 25.9. The van der Waals surface area contributed by atoms with Gasteiger partial charge in [-0.15, -0.1) is 11.8 Å². The zero-order valence-corrected chi connectivity index (χ0v) is 12.3. The zero-order valence-electron chi connectivity index (χ0n) is 9.89. The lowest BCUT2D eigenvalue weighted by molar-refractivity contribution is -0.132. The molecule has 0 saturated carbocycles. The molecule has 0 radical (unpaired) electrons. The van der Waals surface area contributed by atoms with Crippen LogP contribution in [0.25, 0.3) is 0 Å². The number of likely N-dealkylation sites (tertiary alicyclic amines) is 1. The summed E-state index contributed by atoms with van der Waals surface area (Å²) in [5.41, 5.74) is 0. The Kier molecular flexibility index (Phi) is 4.83. The second-order valence-electron chi connectivity index (χ2n) is 4.16. The van der Waals surface area contributed by atoms with Crippen LogP contribution in [0.15, 0.2) is 33.6 Å². The van der Waals surface area contributed by atoms with E-state index >= 15 is 0 Å². The highest BCUT2D eigenvalue weighted by atomic mass is 79.9. The van der Waals surface area contributed by atoms with E-state index in [2.05, 4.69) is 15.9 Å². The van der Waals surface area contributed by atoms with Gasteiger partial charge in [-0.1, -0.05) is 15.9 Å². The molecule has 0 atom stereocenters. The number of benzene rings is 1. The highest BCUT2D eigenvalue weighted by Crippen LogP contribution is 2.21. The van der Waals surface area contributed by atoms with Crippen molar-refractivity contribution < 1.29 is 9.59 Å². The molecule has 3 nitrogen and oxygen atoms in total. The van der Waals surface area contributed by atoms with E-state index < -0.39 is 0 Å². The number of Topliss-reactive ketones (excluding diaryl/α,β-unsaturated/α-hetero) is 1. The van der Waals surface area contributed by atoms with Crippen molar-refractivity contribution in [2.24, 2.45) is 0 Å². The van der Waals surface area contributed by atoms with Gasteiger partial charge in [-0.25, -0.2) is 0 Å². The third kappa shape index (κ3) is 3.85. The van der Waals surface area contributed by atoms with Crippen LogP contribution in [0.4, 0.5) is 0 Å². The molecule has 0 aliphatic carbocycles. The van der Waals surface area contributed by atoms with Crippen molar-refractivity contribution in [1.82, 2.24) is 4.90 Å².